The van der Waals surface area contributed by atoms with Gasteiger partial charge in [0.05, 0.1) is 6.04 Å². The zero-order chi connectivity index (χ0) is 21.2. The number of hydrogen-bond acceptors (Lipinski definition) is 5. The molecule has 1 aliphatic rings. The van der Waals surface area contributed by atoms with E-state index in [4.69, 9.17) is 4.52 Å². The molecule has 2 aromatic heterocycles. The second-order valence-corrected chi connectivity index (χ2v) is 8.42. The highest BCUT2D eigenvalue weighted by Crippen LogP contribution is 2.33. The second-order valence-electron chi connectivity index (χ2n) is 7.44. The van der Waals surface area contributed by atoms with E-state index in [1.165, 1.54) is 12.1 Å². The Morgan fingerprint density at radius 3 is 2.65 bits per heavy atom. The molecule has 5 rings (SSSR count). The number of halogens is 1. The minimum absolute atomic E-state index is 0.0323. The highest BCUT2D eigenvalue weighted by molar-refractivity contribution is 7.10. The van der Waals surface area contributed by atoms with Crippen molar-refractivity contribution in [3.8, 4) is 11.3 Å². The molecule has 156 valence electrons. The van der Waals surface area contributed by atoms with Gasteiger partial charge in [-0.3, -0.25) is 4.79 Å². The fraction of sp³-hybridized carbons (Fsp3) is 0.167. The number of benzene rings is 2. The molecule has 1 aliphatic heterocycles. The number of amides is 1. The van der Waals surface area contributed by atoms with Gasteiger partial charge in [-0.05, 0) is 41.3 Å². The van der Waals surface area contributed by atoms with Crippen LogP contribution in [0.25, 0.3) is 11.3 Å². The second kappa shape index (κ2) is 8.45. The maximum atomic E-state index is 13.5. The smallest absolute Gasteiger partial charge is 0.276 e. The molecule has 1 amide bonds. The van der Waals surface area contributed by atoms with Gasteiger partial charge in [-0.2, -0.15) is 0 Å². The van der Waals surface area contributed by atoms with E-state index in [9.17, 15) is 9.18 Å². The molecule has 5 nitrogen and oxygen atoms in total. The molecular weight excluding hydrogens is 413 g/mol. The lowest BCUT2D eigenvalue weighted by Crippen LogP contribution is -2.50. The monoisotopic (exact) mass is 433 g/mol. The summed E-state index contributed by atoms with van der Waals surface area (Å²) in [7, 11) is 0. The van der Waals surface area contributed by atoms with E-state index in [0.29, 0.717) is 24.4 Å². The summed E-state index contributed by atoms with van der Waals surface area (Å²) in [6.45, 7) is 1.17. The van der Waals surface area contributed by atoms with Crippen molar-refractivity contribution in [3.63, 3.8) is 0 Å². The molecule has 1 N–H and O–H groups in total. The molecule has 7 heteroatoms. The molecule has 0 aliphatic carbocycles. The molecule has 4 aromatic rings. The number of nitrogens with zero attached hydrogens (tertiary/aromatic N) is 2. The van der Waals surface area contributed by atoms with Crippen LogP contribution in [0.3, 0.4) is 0 Å². The van der Waals surface area contributed by atoms with Gasteiger partial charge >= 0.3 is 0 Å². The lowest BCUT2D eigenvalue weighted by Gasteiger charge is -2.40. The first kappa shape index (κ1) is 19.7. The summed E-state index contributed by atoms with van der Waals surface area (Å²) in [4.78, 5) is 16.5. The van der Waals surface area contributed by atoms with Crippen molar-refractivity contribution in [2.75, 3.05) is 13.1 Å². The van der Waals surface area contributed by atoms with Crippen molar-refractivity contribution in [3.05, 3.63) is 100 Å². The van der Waals surface area contributed by atoms with Gasteiger partial charge in [-0.25, -0.2) is 4.39 Å². The number of aromatic nitrogens is 1. The van der Waals surface area contributed by atoms with Gasteiger partial charge in [0, 0.05) is 35.6 Å². The van der Waals surface area contributed by atoms with Crippen LogP contribution in [0.1, 0.15) is 33.0 Å². The molecule has 0 radical (unpaired) electrons. The molecule has 0 bridgehead atoms. The van der Waals surface area contributed by atoms with Crippen LogP contribution in [0.4, 0.5) is 4.39 Å². The van der Waals surface area contributed by atoms with Crippen LogP contribution in [0.15, 0.2) is 82.7 Å². The molecule has 2 aromatic carbocycles. The summed E-state index contributed by atoms with van der Waals surface area (Å²) in [5.74, 6) is -0.0742. The minimum atomic E-state index is -0.328. The molecular formula is C24H20FN3O2S. The highest BCUT2D eigenvalue weighted by Gasteiger charge is 2.35. The summed E-state index contributed by atoms with van der Waals surface area (Å²) in [6, 6.07) is 21.6. The molecule has 0 spiro atoms. The fourth-order valence-corrected chi connectivity index (χ4v) is 4.73. The zero-order valence-corrected chi connectivity index (χ0v) is 17.4. The number of hydrogen-bond donors (Lipinski definition) is 1. The Hall–Kier alpha value is -3.29. The van der Waals surface area contributed by atoms with Crippen LogP contribution in [-0.4, -0.2) is 29.1 Å². The van der Waals surface area contributed by atoms with E-state index in [1.807, 2.05) is 40.6 Å². The van der Waals surface area contributed by atoms with Gasteiger partial charge in [0.25, 0.3) is 5.91 Å². The number of carbonyl (C=O) groups is 1. The maximum absolute atomic E-state index is 13.5. The molecule has 2 atom stereocenters. The Balaban J connectivity index is 1.44. The van der Waals surface area contributed by atoms with E-state index in [2.05, 4.69) is 22.6 Å². The predicted molar refractivity (Wildman–Crippen MR) is 117 cm³/mol. The summed E-state index contributed by atoms with van der Waals surface area (Å²) in [5, 5.41) is 9.62. The average molecular weight is 434 g/mol. The normalized spacial score (nSPS) is 18.8. The SMILES string of the molecule is O=C(c1cc(-c2ccc(F)cc2)on1)N1C[C@H](c2ccccc2)NC[C@@H]1c1cccs1. The van der Waals surface area contributed by atoms with Gasteiger partial charge in [0.1, 0.15) is 5.82 Å². The Kier molecular flexibility index (Phi) is 5.36. The Bertz CT molecular complexity index is 1160. The zero-order valence-electron chi connectivity index (χ0n) is 16.6. The van der Waals surface area contributed by atoms with Crippen LogP contribution in [-0.2, 0) is 0 Å². The van der Waals surface area contributed by atoms with E-state index in [1.54, 1.807) is 29.5 Å². The van der Waals surface area contributed by atoms with Crippen molar-refractivity contribution in [2.24, 2.45) is 0 Å². The van der Waals surface area contributed by atoms with Crippen LogP contribution in [0.5, 0.6) is 0 Å². The maximum Gasteiger partial charge on any atom is 0.276 e. The van der Waals surface area contributed by atoms with Gasteiger partial charge in [-0.1, -0.05) is 41.6 Å². The standard InChI is InChI=1S/C24H20FN3O2S/c25-18-10-8-17(9-11-18)22-13-19(27-30-22)24(29)28-15-20(16-5-2-1-3-6-16)26-14-21(28)23-7-4-12-31-23/h1-13,20-21,26H,14-15H2/t20-,21-/m1/s1. The van der Waals surface area contributed by atoms with E-state index in [0.717, 1.165) is 10.4 Å². The first-order valence-corrected chi connectivity index (χ1v) is 10.9. The molecule has 0 saturated carbocycles. The summed E-state index contributed by atoms with van der Waals surface area (Å²) in [6.07, 6.45) is 0. The Morgan fingerprint density at radius 2 is 1.90 bits per heavy atom. The van der Waals surface area contributed by atoms with Crippen LogP contribution >= 0.6 is 11.3 Å². The van der Waals surface area contributed by atoms with E-state index < -0.39 is 0 Å². The van der Waals surface area contributed by atoms with Gasteiger partial charge in [-0.15, -0.1) is 11.3 Å². The minimum Gasteiger partial charge on any atom is -0.355 e. The van der Waals surface area contributed by atoms with Gasteiger partial charge < -0.3 is 14.7 Å². The fourth-order valence-electron chi connectivity index (χ4n) is 3.89. The number of rotatable bonds is 4. The molecule has 1 saturated heterocycles. The molecule has 3 heterocycles. The summed E-state index contributed by atoms with van der Waals surface area (Å²) >= 11 is 1.63. The lowest BCUT2D eigenvalue weighted by molar-refractivity contribution is 0.0575. The molecule has 0 unspecified atom stereocenters. The molecule has 1 fully saturated rings. The first-order chi connectivity index (χ1) is 15.2. The highest BCUT2D eigenvalue weighted by atomic mass is 32.1. The van der Waals surface area contributed by atoms with Crippen LogP contribution < -0.4 is 5.32 Å². The third-order valence-electron chi connectivity index (χ3n) is 5.51. The van der Waals surface area contributed by atoms with Crippen molar-refractivity contribution >= 4 is 17.2 Å². The van der Waals surface area contributed by atoms with Crippen molar-refractivity contribution in [1.82, 2.24) is 15.4 Å². The largest absolute Gasteiger partial charge is 0.355 e. The quantitative estimate of drug-likeness (QED) is 0.488. The van der Waals surface area contributed by atoms with Gasteiger partial charge in [0.2, 0.25) is 0 Å². The van der Waals surface area contributed by atoms with Crippen molar-refractivity contribution in [1.29, 1.82) is 0 Å². The van der Waals surface area contributed by atoms with Crippen molar-refractivity contribution in [2.45, 2.75) is 12.1 Å². The van der Waals surface area contributed by atoms with E-state index in [-0.39, 0.29) is 29.5 Å². The predicted octanol–water partition coefficient (Wildman–Crippen LogP) is 5.07. The number of thiophene rings is 1. The first-order valence-electron chi connectivity index (χ1n) is 10.0. The Morgan fingerprint density at radius 1 is 1.10 bits per heavy atom. The topological polar surface area (TPSA) is 58.4 Å². The van der Waals surface area contributed by atoms with Crippen molar-refractivity contribution < 1.29 is 13.7 Å². The number of carbonyl (C=O) groups excluding carboxylic acids is 1. The summed E-state index contributed by atoms with van der Waals surface area (Å²) in [5.41, 5.74) is 2.05. The number of nitrogens with one attached hydrogen (secondary N) is 1. The average Bonchev–Trinajstić information content (AvgIpc) is 3.52. The number of piperazine rings is 1. The lowest BCUT2D eigenvalue weighted by atomic mass is 10.0. The van der Waals surface area contributed by atoms with E-state index >= 15 is 0 Å². The summed E-state index contributed by atoms with van der Waals surface area (Å²) < 4.78 is 18.6. The van der Waals surface area contributed by atoms with Gasteiger partial charge in [0.15, 0.2) is 11.5 Å². The van der Waals surface area contributed by atoms with Crippen LogP contribution in [0, 0.1) is 5.82 Å². The van der Waals surface area contributed by atoms with Crippen LogP contribution in [0.2, 0.25) is 0 Å². The third kappa shape index (κ3) is 4.02. The third-order valence-corrected chi connectivity index (χ3v) is 6.48. The Labute approximate surface area is 183 Å². The molecule has 31 heavy (non-hydrogen) atoms.